The van der Waals surface area contributed by atoms with E-state index in [0.29, 0.717) is 43.6 Å². The molecular formula is C18H24N4O4S. The fraction of sp³-hybridized carbons (Fsp3) is 0.611. The average molecular weight is 392 g/mol. The van der Waals surface area contributed by atoms with E-state index in [1.165, 1.54) is 11.8 Å². The number of amides is 1. The molecule has 2 aliphatic heterocycles. The number of nitrogens with zero attached hydrogens (tertiary/aromatic N) is 4. The van der Waals surface area contributed by atoms with Crippen LogP contribution in [0.3, 0.4) is 0 Å². The predicted octanol–water partition coefficient (Wildman–Crippen LogP) is 2.26. The Morgan fingerprint density at radius 1 is 1.33 bits per heavy atom. The predicted molar refractivity (Wildman–Crippen MR) is 99.1 cm³/mol. The Hall–Kier alpha value is -1.84. The molecule has 0 N–H and O–H groups in total. The number of likely N-dealkylation sites (tertiary alicyclic amines) is 1. The molecule has 4 rings (SSSR count). The number of hydrogen-bond acceptors (Lipinski definition) is 7. The van der Waals surface area contributed by atoms with Crippen molar-refractivity contribution in [2.45, 2.75) is 37.8 Å². The molecule has 27 heavy (non-hydrogen) atoms. The zero-order valence-corrected chi connectivity index (χ0v) is 16.2. The molecule has 1 atom stereocenters. The lowest BCUT2D eigenvalue weighted by atomic mass is 9.97. The van der Waals surface area contributed by atoms with Gasteiger partial charge in [0.15, 0.2) is 23.0 Å². The number of carbonyl (C=O) groups is 1. The third-order valence-electron chi connectivity index (χ3n) is 4.94. The van der Waals surface area contributed by atoms with Crippen LogP contribution in [0, 0.1) is 5.92 Å². The van der Waals surface area contributed by atoms with Crippen molar-refractivity contribution in [3.63, 3.8) is 0 Å². The summed E-state index contributed by atoms with van der Waals surface area (Å²) in [6.07, 6.45) is 3.48. The van der Waals surface area contributed by atoms with Gasteiger partial charge >= 0.3 is 0 Å². The van der Waals surface area contributed by atoms with E-state index in [1.54, 1.807) is 6.26 Å². The second-order valence-electron chi connectivity index (χ2n) is 6.67. The lowest BCUT2D eigenvalue weighted by Crippen LogP contribution is -2.44. The molecule has 2 fully saturated rings. The van der Waals surface area contributed by atoms with Crippen LogP contribution in [0.5, 0.6) is 0 Å². The molecular weight excluding hydrogens is 368 g/mol. The van der Waals surface area contributed by atoms with Gasteiger partial charge < -0.3 is 18.8 Å². The maximum Gasteiger partial charge on any atom is 0.233 e. The van der Waals surface area contributed by atoms with E-state index in [4.69, 9.17) is 13.9 Å². The Bertz CT molecular complexity index is 758. The summed E-state index contributed by atoms with van der Waals surface area (Å²) in [6, 6.07) is 3.68. The normalized spacial score (nSPS) is 21.1. The first-order valence-electron chi connectivity index (χ1n) is 9.37. The van der Waals surface area contributed by atoms with E-state index < -0.39 is 0 Å². The van der Waals surface area contributed by atoms with Gasteiger partial charge in [-0.15, -0.1) is 10.2 Å². The zero-order chi connectivity index (χ0) is 18.6. The first-order valence-corrected chi connectivity index (χ1v) is 10.4. The van der Waals surface area contributed by atoms with Crippen LogP contribution >= 0.6 is 11.8 Å². The van der Waals surface area contributed by atoms with Gasteiger partial charge in [0.1, 0.15) is 0 Å². The summed E-state index contributed by atoms with van der Waals surface area (Å²) < 4.78 is 18.6. The summed E-state index contributed by atoms with van der Waals surface area (Å²) in [6.45, 7) is 5.52. The molecule has 2 aromatic heterocycles. The lowest BCUT2D eigenvalue weighted by molar-refractivity contribution is -0.136. The van der Waals surface area contributed by atoms with Crippen molar-refractivity contribution >= 4 is 17.7 Å². The molecule has 0 aromatic carbocycles. The third-order valence-corrected chi connectivity index (χ3v) is 5.89. The van der Waals surface area contributed by atoms with E-state index >= 15 is 0 Å². The Morgan fingerprint density at radius 2 is 2.19 bits per heavy atom. The minimum absolute atomic E-state index is 0.118. The summed E-state index contributed by atoms with van der Waals surface area (Å²) in [4.78, 5) is 14.6. The molecule has 0 bridgehead atoms. The fourth-order valence-electron chi connectivity index (χ4n) is 3.59. The standard InChI is InChI=1S/C18H24N4O4S/c1-2-22-16(14-6-4-8-24-14)19-20-18(22)27-12-15(23)21-7-3-5-13(11-21)17-25-9-10-26-17/h4,6,8,13,17H,2-3,5,7,9-12H2,1H3. The molecule has 0 aliphatic carbocycles. The number of hydrogen-bond donors (Lipinski definition) is 0. The highest BCUT2D eigenvalue weighted by molar-refractivity contribution is 7.99. The van der Waals surface area contributed by atoms with Crippen LogP contribution in [0.2, 0.25) is 0 Å². The molecule has 0 spiro atoms. The minimum atomic E-state index is -0.160. The molecule has 2 aromatic rings. The maximum absolute atomic E-state index is 12.7. The van der Waals surface area contributed by atoms with Gasteiger partial charge in [-0.2, -0.15) is 0 Å². The topological polar surface area (TPSA) is 82.6 Å². The van der Waals surface area contributed by atoms with Crippen LogP contribution in [0.25, 0.3) is 11.6 Å². The van der Waals surface area contributed by atoms with Crippen molar-refractivity contribution in [2.75, 3.05) is 32.1 Å². The van der Waals surface area contributed by atoms with Gasteiger partial charge in [0.05, 0.1) is 25.2 Å². The van der Waals surface area contributed by atoms with Crippen molar-refractivity contribution < 1.29 is 18.7 Å². The molecule has 0 saturated carbocycles. The molecule has 146 valence electrons. The fourth-order valence-corrected chi connectivity index (χ4v) is 4.50. The van der Waals surface area contributed by atoms with E-state index in [9.17, 15) is 4.79 Å². The molecule has 2 aliphatic rings. The Labute approximate surface area is 162 Å². The smallest absolute Gasteiger partial charge is 0.233 e. The van der Waals surface area contributed by atoms with Crippen molar-refractivity contribution in [3.05, 3.63) is 18.4 Å². The molecule has 1 amide bonds. The molecule has 2 saturated heterocycles. The quantitative estimate of drug-likeness (QED) is 0.697. The van der Waals surface area contributed by atoms with Gasteiger partial charge in [-0.1, -0.05) is 11.8 Å². The number of rotatable bonds is 6. The van der Waals surface area contributed by atoms with Crippen LogP contribution in [-0.2, 0) is 20.8 Å². The van der Waals surface area contributed by atoms with E-state index in [1.807, 2.05) is 28.5 Å². The maximum atomic E-state index is 12.7. The van der Waals surface area contributed by atoms with Crippen molar-refractivity contribution in [1.82, 2.24) is 19.7 Å². The third kappa shape index (κ3) is 4.04. The summed E-state index contributed by atoms with van der Waals surface area (Å²) in [5.41, 5.74) is 0. The average Bonchev–Trinajstić information content (AvgIpc) is 3.47. The van der Waals surface area contributed by atoms with Crippen LogP contribution < -0.4 is 0 Å². The van der Waals surface area contributed by atoms with Gasteiger partial charge in [0.2, 0.25) is 5.91 Å². The SMILES string of the molecule is CCn1c(SCC(=O)N2CCCC(C3OCCO3)C2)nnc1-c1ccco1. The molecule has 0 radical (unpaired) electrons. The van der Waals surface area contributed by atoms with E-state index in [-0.39, 0.29) is 18.1 Å². The number of furan rings is 1. The largest absolute Gasteiger partial charge is 0.461 e. The van der Waals surface area contributed by atoms with Gasteiger partial charge in [-0.25, -0.2) is 0 Å². The summed E-state index contributed by atoms with van der Waals surface area (Å²) >= 11 is 1.42. The highest BCUT2D eigenvalue weighted by Crippen LogP contribution is 2.27. The van der Waals surface area contributed by atoms with Gasteiger partial charge in [-0.3, -0.25) is 9.36 Å². The molecule has 8 nitrogen and oxygen atoms in total. The van der Waals surface area contributed by atoms with Crippen LogP contribution in [-0.4, -0.2) is 63.9 Å². The summed E-state index contributed by atoms with van der Waals surface area (Å²) in [7, 11) is 0. The number of ether oxygens (including phenoxy) is 2. The Kier molecular flexibility index (Phi) is 5.80. The van der Waals surface area contributed by atoms with Gasteiger partial charge in [0.25, 0.3) is 0 Å². The number of piperidine rings is 1. The first-order chi connectivity index (χ1) is 13.3. The monoisotopic (exact) mass is 392 g/mol. The van der Waals surface area contributed by atoms with Crippen LogP contribution in [0.1, 0.15) is 19.8 Å². The lowest BCUT2D eigenvalue weighted by Gasteiger charge is -2.34. The van der Waals surface area contributed by atoms with E-state index in [0.717, 1.165) is 24.5 Å². The molecule has 4 heterocycles. The summed E-state index contributed by atoms with van der Waals surface area (Å²) in [5.74, 6) is 2.09. The zero-order valence-electron chi connectivity index (χ0n) is 15.4. The van der Waals surface area contributed by atoms with Crippen LogP contribution in [0.4, 0.5) is 0 Å². The highest BCUT2D eigenvalue weighted by Gasteiger charge is 2.32. The Morgan fingerprint density at radius 3 is 2.93 bits per heavy atom. The number of thioether (sulfide) groups is 1. The highest BCUT2D eigenvalue weighted by atomic mass is 32.2. The second kappa shape index (κ2) is 8.45. The van der Waals surface area contributed by atoms with Crippen molar-refractivity contribution in [1.29, 1.82) is 0 Å². The van der Waals surface area contributed by atoms with Crippen molar-refractivity contribution in [3.8, 4) is 11.6 Å². The number of carbonyl (C=O) groups excluding carboxylic acids is 1. The van der Waals surface area contributed by atoms with Crippen LogP contribution in [0.15, 0.2) is 28.0 Å². The first kappa shape index (κ1) is 18.5. The van der Waals surface area contributed by atoms with Gasteiger partial charge in [-0.05, 0) is 31.9 Å². The molecule has 9 heteroatoms. The second-order valence-corrected chi connectivity index (χ2v) is 7.61. The van der Waals surface area contributed by atoms with E-state index in [2.05, 4.69) is 10.2 Å². The Balaban J connectivity index is 1.36. The summed E-state index contributed by atoms with van der Waals surface area (Å²) in [5, 5.41) is 9.20. The number of aromatic nitrogens is 3. The van der Waals surface area contributed by atoms with Gasteiger partial charge in [0, 0.05) is 25.6 Å². The molecule has 1 unspecified atom stereocenters. The van der Waals surface area contributed by atoms with Crippen molar-refractivity contribution in [2.24, 2.45) is 5.92 Å². The minimum Gasteiger partial charge on any atom is -0.461 e.